The third-order valence-electron chi connectivity index (χ3n) is 10.2. The Labute approximate surface area is 170 Å². The number of carboxylic acids is 1. The number of aliphatic carboxylic acids is 1. The van der Waals surface area contributed by atoms with Gasteiger partial charge in [0.15, 0.2) is 0 Å². The van der Waals surface area contributed by atoms with E-state index in [1.807, 2.05) is 0 Å². The molecule has 0 aromatic heterocycles. The maximum absolute atomic E-state index is 11.2. The third-order valence-corrected chi connectivity index (χ3v) is 10.2. The highest BCUT2D eigenvalue weighted by Gasteiger charge is 2.62. The summed E-state index contributed by atoms with van der Waals surface area (Å²) in [4.78, 5) is 11.1. The average Bonchev–Trinajstić information content (AvgIpc) is 2.98. The van der Waals surface area contributed by atoms with E-state index in [4.69, 9.17) is 5.11 Å². The molecule has 4 rings (SSSR count). The number of carboxylic acid groups (broad SMARTS) is 1. The molecule has 0 aliphatic heterocycles. The van der Waals surface area contributed by atoms with Crippen LogP contribution in [0, 0.1) is 46.3 Å². The molecule has 28 heavy (non-hydrogen) atoms. The molecule has 0 bridgehead atoms. The molecular weight excluding hydrogens is 352 g/mol. The Morgan fingerprint density at radius 3 is 2.39 bits per heavy atom. The molecule has 0 aromatic rings. The smallest absolute Gasteiger partial charge is 0.303 e. The van der Waals surface area contributed by atoms with Gasteiger partial charge in [-0.05, 0) is 104 Å². The van der Waals surface area contributed by atoms with Gasteiger partial charge in [-0.2, -0.15) is 0 Å². The molecule has 4 saturated carbocycles. The van der Waals surface area contributed by atoms with Gasteiger partial charge in [-0.25, -0.2) is 0 Å². The van der Waals surface area contributed by atoms with E-state index in [0.717, 1.165) is 32.1 Å². The van der Waals surface area contributed by atoms with Gasteiger partial charge in [-0.1, -0.05) is 20.8 Å². The Kier molecular flexibility index (Phi) is 5.36. The maximum Gasteiger partial charge on any atom is 0.303 e. The van der Waals surface area contributed by atoms with E-state index >= 15 is 0 Å². The molecule has 3 N–H and O–H groups in total. The minimum Gasteiger partial charge on any atom is -0.481 e. The zero-order valence-electron chi connectivity index (χ0n) is 17.9. The summed E-state index contributed by atoms with van der Waals surface area (Å²) in [5.74, 6) is 2.36. The van der Waals surface area contributed by atoms with Gasteiger partial charge in [0, 0.05) is 6.42 Å². The molecule has 0 spiro atoms. The Morgan fingerprint density at radius 2 is 1.68 bits per heavy atom. The highest BCUT2D eigenvalue weighted by atomic mass is 16.4. The summed E-state index contributed by atoms with van der Waals surface area (Å²) in [6, 6.07) is 0. The van der Waals surface area contributed by atoms with Crippen molar-refractivity contribution in [1.82, 2.24) is 0 Å². The van der Waals surface area contributed by atoms with Gasteiger partial charge < -0.3 is 15.3 Å². The van der Waals surface area contributed by atoms with Crippen LogP contribution in [-0.4, -0.2) is 33.5 Å². The SMILES string of the molecule is CC(CCC(=O)O)C1CCC2C3C(CCC12C)C1(C)CC[C@@H](O)C[C@H]1C[C@H]3O. The predicted molar refractivity (Wildman–Crippen MR) is 109 cm³/mol. The topological polar surface area (TPSA) is 77.8 Å². The van der Waals surface area contributed by atoms with E-state index in [0.29, 0.717) is 35.5 Å². The maximum atomic E-state index is 11.2. The number of aliphatic hydroxyl groups excluding tert-OH is 2. The molecule has 10 atom stereocenters. The molecule has 160 valence electrons. The van der Waals surface area contributed by atoms with Crippen LogP contribution in [0.3, 0.4) is 0 Å². The number of aliphatic hydroxyl groups is 2. The molecule has 0 amide bonds. The normalized spacial score (nSPS) is 51.7. The van der Waals surface area contributed by atoms with Gasteiger partial charge in [0.25, 0.3) is 0 Å². The molecule has 0 saturated heterocycles. The second-order valence-electron chi connectivity index (χ2n) is 11.4. The van der Waals surface area contributed by atoms with Gasteiger partial charge >= 0.3 is 5.97 Å². The highest BCUT2D eigenvalue weighted by molar-refractivity contribution is 5.66. The van der Waals surface area contributed by atoms with E-state index in [2.05, 4.69) is 20.8 Å². The van der Waals surface area contributed by atoms with Crippen molar-refractivity contribution in [2.45, 2.75) is 97.2 Å². The van der Waals surface area contributed by atoms with Crippen molar-refractivity contribution < 1.29 is 20.1 Å². The van der Waals surface area contributed by atoms with E-state index < -0.39 is 5.97 Å². The standard InChI is InChI=1S/C24H40O4/c1-14(4-7-21(27)28)17-5-6-18-22-19(9-11-24(17,18)3)23(2)10-8-16(25)12-15(23)13-20(22)26/h14-20,22,25-26H,4-13H2,1-3H3,(H,27,28)/t14?,15-,16+,17?,18?,19?,20+,22?,23?,24?/m0/s1. The quantitative estimate of drug-likeness (QED) is 0.659. The average molecular weight is 393 g/mol. The summed E-state index contributed by atoms with van der Waals surface area (Å²) in [5.41, 5.74) is 0.523. The minimum atomic E-state index is -0.684. The zero-order valence-corrected chi connectivity index (χ0v) is 17.9. The summed E-state index contributed by atoms with van der Waals surface area (Å²) in [6.07, 6.45) is 9.19. The lowest BCUT2D eigenvalue weighted by atomic mass is 9.43. The van der Waals surface area contributed by atoms with Gasteiger partial charge in [0.2, 0.25) is 0 Å². The Hall–Kier alpha value is -0.610. The van der Waals surface area contributed by atoms with Crippen LogP contribution in [0.2, 0.25) is 0 Å². The second kappa shape index (κ2) is 7.27. The second-order valence-corrected chi connectivity index (χ2v) is 11.4. The zero-order chi connectivity index (χ0) is 20.3. The minimum absolute atomic E-state index is 0.179. The molecule has 4 aliphatic rings. The molecule has 0 radical (unpaired) electrons. The van der Waals surface area contributed by atoms with Crippen LogP contribution in [0.1, 0.15) is 85.0 Å². The van der Waals surface area contributed by atoms with Crippen LogP contribution in [0.15, 0.2) is 0 Å². The molecule has 7 unspecified atom stereocenters. The van der Waals surface area contributed by atoms with Crippen LogP contribution in [0.4, 0.5) is 0 Å². The van der Waals surface area contributed by atoms with Crippen molar-refractivity contribution in [3.8, 4) is 0 Å². The number of fused-ring (bicyclic) bond motifs is 5. The Morgan fingerprint density at radius 1 is 1.00 bits per heavy atom. The first-order chi connectivity index (χ1) is 13.2. The molecule has 0 aromatic carbocycles. The first-order valence-electron chi connectivity index (χ1n) is 11.7. The lowest BCUT2D eigenvalue weighted by Crippen LogP contribution is -2.58. The van der Waals surface area contributed by atoms with Crippen LogP contribution < -0.4 is 0 Å². The Bertz CT molecular complexity index is 605. The lowest BCUT2D eigenvalue weighted by molar-refractivity contribution is -0.174. The van der Waals surface area contributed by atoms with Crippen LogP contribution in [-0.2, 0) is 4.79 Å². The van der Waals surface area contributed by atoms with Crippen molar-refractivity contribution in [2.75, 3.05) is 0 Å². The van der Waals surface area contributed by atoms with Crippen molar-refractivity contribution in [3.05, 3.63) is 0 Å². The van der Waals surface area contributed by atoms with Gasteiger partial charge in [-0.15, -0.1) is 0 Å². The fourth-order valence-electron chi connectivity index (χ4n) is 8.73. The van der Waals surface area contributed by atoms with Crippen LogP contribution in [0.25, 0.3) is 0 Å². The molecule has 4 nitrogen and oxygen atoms in total. The van der Waals surface area contributed by atoms with Crippen molar-refractivity contribution in [1.29, 1.82) is 0 Å². The summed E-state index contributed by atoms with van der Waals surface area (Å²) in [6.45, 7) is 7.16. The Balaban J connectivity index is 1.55. The number of hydrogen-bond acceptors (Lipinski definition) is 3. The summed E-state index contributed by atoms with van der Waals surface area (Å²) >= 11 is 0. The molecule has 4 aliphatic carbocycles. The lowest BCUT2D eigenvalue weighted by Gasteiger charge is -2.62. The number of hydrogen-bond donors (Lipinski definition) is 3. The van der Waals surface area contributed by atoms with E-state index in [9.17, 15) is 15.0 Å². The summed E-state index contributed by atoms with van der Waals surface area (Å²) < 4.78 is 0. The van der Waals surface area contributed by atoms with Crippen LogP contribution >= 0.6 is 0 Å². The number of rotatable bonds is 4. The van der Waals surface area contributed by atoms with Gasteiger partial charge in [0.1, 0.15) is 0 Å². The number of carbonyl (C=O) groups is 1. The largest absolute Gasteiger partial charge is 0.481 e. The molecule has 0 heterocycles. The fraction of sp³-hybridized carbons (Fsp3) is 0.958. The highest BCUT2D eigenvalue weighted by Crippen LogP contribution is 2.68. The van der Waals surface area contributed by atoms with Crippen molar-refractivity contribution >= 4 is 5.97 Å². The molecule has 4 fully saturated rings. The van der Waals surface area contributed by atoms with Crippen LogP contribution in [0.5, 0.6) is 0 Å². The third kappa shape index (κ3) is 3.14. The molecular formula is C24H40O4. The first-order valence-corrected chi connectivity index (χ1v) is 11.7. The first kappa shape index (κ1) is 20.7. The molecule has 4 heteroatoms. The van der Waals surface area contributed by atoms with E-state index in [1.54, 1.807) is 0 Å². The summed E-state index contributed by atoms with van der Waals surface area (Å²) in [5, 5.41) is 30.5. The van der Waals surface area contributed by atoms with Crippen molar-refractivity contribution in [3.63, 3.8) is 0 Å². The predicted octanol–water partition coefficient (Wildman–Crippen LogP) is 4.48. The van der Waals surface area contributed by atoms with Gasteiger partial charge in [-0.3, -0.25) is 4.79 Å². The monoisotopic (exact) mass is 392 g/mol. The summed E-state index contributed by atoms with van der Waals surface area (Å²) in [7, 11) is 0. The van der Waals surface area contributed by atoms with E-state index in [-0.39, 0.29) is 29.5 Å². The fourth-order valence-corrected chi connectivity index (χ4v) is 8.73. The van der Waals surface area contributed by atoms with Gasteiger partial charge in [0.05, 0.1) is 12.2 Å². The van der Waals surface area contributed by atoms with E-state index in [1.165, 1.54) is 25.7 Å². The van der Waals surface area contributed by atoms with Crippen molar-refractivity contribution in [2.24, 2.45) is 46.3 Å².